The van der Waals surface area contributed by atoms with Gasteiger partial charge in [-0.1, -0.05) is 23.2 Å². The number of hydrogen-bond acceptors (Lipinski definition) is 5. The van der Waals surface area contributed by atoms with Crippen molar-refractivity contribution in [1.29, 1.82) is 0 Å². The molecule has 0 aliphatic rings. The zero-order chi connectivity index (χ0) is 18.4. The first kappa shape index (κ1) is 16.6. The van der Waals surface area contributed by atoms with Gasteiger partial charge in [0.05, 0.1) is 0 Å². The highest BCUT2D eigenvalue weighted by molar-refractivity contribution is 6.31. The summed E-state index contributed by atoms with van der Waals surface area (Å²) in [5.41, 5.74) is -1.75. The molecule has 5 nitrogen and oxygen atoms in total. The molecule has 0 radical (unpaired) electrons. The first-order chi connectivity index (χ1) is 12.4. The van der Waals surface area contributed by atoms with E-state index in [4.69, 9.17) is 32.0 Å². The van der Waals surface area contributed by atoms with Crippen LogP contribution in [0, 0.1) is 0 Å². The Morgan fingerprint density at radius 1 is 0.692 bits per heavy atom. The summed E-state index contributed by atoms with van der Waals surface area (Å²) in [4.78, 5) is 37.1. The average molecular weight is 387 g/mol. The van der Waals surface area contributed by atoms with E-state index in [9.17, 15) is 14.4 Å². The van der Waals surface area contributed by atoms with Gasteiger partial charge in [0.2, 0.25) is 5.78 Å². The molecule has 0 fully saturated rings. The van der Waals surface area contributed by atoms with E-state index >= 15 is 0 Å². The van der Waals surface area contributed by atoms with Crippen molar-refractivity contribution in [2.24, 2.45) is 0 Å². The third-order valence-electron chi connectivity index (χ3n) is 3.89. The van der Waals surface area contributed by atoms with E-state index in [-0.39, 0.29) is 22.3 Å². The smallest absolute Gasteiger partial charge is 0.347 e. The van der Waals surface area contributed by atoms with Crippen molar-refractivity contribution >= 4 is 50.9 Å². The van der Waals surface area contributed by atoms with Crippen LogP contribution in [0.15, 0.2) is 67.0 Å². The number of fused-ring (bicyclic) bond motifs is 2. The van der Waals surface area contributed by atoms with Gasteiger partial charge in [0.25, 0.3) is 0 Å². The molecule has 0 aliphatic heterocycles. The van der Waals surface area contributed by atoms with Gasteiger partial charge >= 0.3 is 11.3 Å². The summed E-state index contributed by atoms with van der Waals surface area (Å²) >= 11 is 11.7. The molecule has 2 aromatic carbocycles. The molecule has 2 heterocycles. The summed E-state index contributed by atoms with van der Waals surface area (Å²) in [6.07, 6.45) is 0. The third-order valence-corrected chi connectivity index (χ3v) is 4.36. The topological polar surface area (TPSA) is 77.5 Å². The fraction of sp³-hybridized carbons (Fsp3) is 0. The second-order valence-corrected chi connectivity index (χ2v) is 6.46. The largest absolute Gasteiger partial charge is 0.422 e. The van der Waals surface area contributed by atoms with Crippen molar-refractivity contribution in [2.75, 3.05) is 0 Å². The maximum Gasteiger partial charge on any atom is 0.347 e. The number of ketones is 1. The van der Waals surface area contributed by atoms with Crippen molar-refractivity contribution in [2.45, 2.75) is 0 Å². The highest BCUT2D eigenvalue weighted by atomic mass is 35.5. The van der Waals surface area contributed by atoms with Gasteiger partial charge in [0.1, 0.15) is 22.3 Å². The third kappa shape index (κ3) is 2.81. The summed E-state index contributed by atoms with van der Waals surface area (Å²) in [5.74, 6) is -0.777. The van der Waals surface area contributed by atoms with Crippen molar-refractivity contribution in [3.63, 3.8) is 0 Å². The Hall–Kier alpha value is -2.89. The molecule has 0 aliphatic carbocycles. The Morgan fingerprint density at radius 3 is 1.54 bits per heavy atom. The van der Waals surface area contributed by atoms with E-state index in [0.29, 0.717) is 20.8 Å². The molecule has 0 unspecified atom stereocenters. The van der Waals surface area contributed by atoms with Gasteiger partial charge in [-0.15, -0.1) is 0 Å². The van der Waals surface area contributed by atoms with Crippen molar-refractivity contribution in [3.05, 3.63) is 90.5 Å². The van der Waals surface area contributed by atoms with Gasteiger partial charge in [-0.25, -0.2) is 9.59 Å². The predicted octanol–water partition coefficient (Wildman–Crippen LogP) is 4.44. The van der Waals surface area contributed by atoms with Crippen LogP contribution in [0.1, 0.15) is 15.9 Å². The molecule has 4 rings (SSSR count). The Morgan fingerprint density at radius 2 is 1.12 bits per heavy atom. The lowest BCUT2D eigenvalue weighted by molar-refractivity contribution is 0.103. The van der Waals surface area contributed by atoms with Crippen LogP contribution in [0.25, 0.3) is 21.9 Å². The van der Waals surface area contributed by atoms with Gasteiger partial charge in [-0.3, -0.25) is 4.79 Å². The van der Waals surface area contributed by atoms with Crippen LogP contribution in [-0.2, 0) is 0 Å². The van der Waals surface area contributed by atoms with E-state index in [1.54, 1.807) is 24.3 Å². The molecule has 0 bridgehead atoms. The number of benzene rings is 2. The maximum absolute atomic E-state index is 12.7. The number of carbonyl (C=O) groups excluding carboxylic acids is 1. The molecule has 26 heavy (non-hydrogen) atoms. The minimum atomic E-state index is -0.861. The Balaban J connectivity index is 1.90. The standard InChI is InChI=1S/C19H8Cl2O5/c20-11-3-1-9-5-13(18(23)25-15(9)7-11)17(22)14-6-10-2-4-12(21)8-16(10)26-19(14)24/h1-8H. The molecule has 0 spiro atoms. The molecular weight excluding hydrogens is 379 g/mol. The molecule has 0 N–H and O–H groups in total. The van der Waals surface area contributed by atoms with Crippen molar-refractivity contribution in [1.82, 2.24) is 0 Å². The quantitative estimate of drug-likeness (QED) is 0.376. The van der Waals surface area contributed by atoms with Crippen LogP contribution in [0.4, 0.5) is 0 Å². The van der Waals surface area contributed by atoms with Gasteiger partial charge < -0.3 is 8.83 Å². The zero-order valence-electron chi connectivity index (χ0n) is 12.9. The molecular formula is C19H8Cl2O5. The van der Waals surface area contributed by atoms with E-state index in [1.165, 1.54) is 24.3 Å². The summed E-state index contributed by atoms with van der Waals surface area (Å²) in [5, 5.41) is 1.81. The lowest BCUT2D eigenvalue weighted by atomic mass is 10.0. The predicted molar refractivity (Wildman–Crippen MR) is 98.4 cm³/mol. The summed E-state index contributed by atoms with van der Waals surface area (Å²) in [6, 6.07) is 12.1. The highest BCUT2D eigenvalue weighted by Crippen LogP contribution is 2.21. The normalized spacial score (nSPS) is 11.2. The molecule has 0 amide bonds. The van der Waals surface area contributed by atoms with Gasteiger partial charge in [0, 0.05) is 33.0 Å². The first-order valence-corrected chi connectivity index (χ1v) is 8.19. The van der Waals surface area contributed by atoms with Gasteiger partial charge in [0.15, 0.2) is 0 Å². The van der Waals surface area contributed by atoms with Crippen LogP contribution in [0.5, 0.6) is 0 Å². The van der Waals surface area contributed by atoms with E-state index in [0.717, 1.165) is 0 Å². The Labute approximate surface area is 155 Å². The molecule has 0 saturated heterocycles. The van der Waals surface area contributed by atoms with Crippen molar-refractivity contribution < 1.29 is 13.6 Å². The van der Waals surface area contributed by atoms with Crippen molar-refractivity contribution in [3.8, 4) is 0 Å². The lowest BCUT2D eigenvalue weighted by Gasteiger charge is -2.03. The second kappa shape index (κ2) is 6.12. The summed E-state index contributed by atoms with van der Waals surface area (Å²) in [7, 11) is 0. The number of hydrogen-bond donors (Lipinski definition) is 0. The minimum absolute atomic E-state index is 0.249. The summed E-state index contributed by atoms with van der Waals surface area (Å²) in [6.45, 7) is 0. The fourth-order valence-electron chi connectivity index (χ4n) is 2.63. The average Bonchev–Trinajstić information content (AvgIpc) is 2.59. The first-order valence-electron chi connectivity index (χ1n) is 7.44. The number of halogens is 2. The van der Waals surface area contributed by atoms with Crippen LogP contribution < -0.4 is 11.3 Å². The lowest BCUT2D eigenvalue weighted by Crippen LogP contribution is -2.20. The Bertz CT molecular complexity index is 1220. The molecule has 7 heteroatoms. The van der Waals surface area contributed by atoms with E-state index in [2.05, 4.69) is 0 Å². The SMILES string of the molecule is O=C(c1cc2ccc(Cl)cc2oc1=O)c1cc2ccc(Cl)cc2oc1=O. The molecule has 128 valence electrons. The molecule has 4 aromatic rings. The number of carbonyl (C=O) groups is 1. The zero-order valence-corrected chi connectivity index (χ0v) is 14.4. The monoisotopic (exact) mass is 386 g/mol. The molecule has 0 saturated carbocycles. The van der Waals surface area contributed by atoms with Gasteiger partial charge in [-0.2, -0.15) is 0 Å². The van der Waals surface area contributed by atoms with Gasteiger partial charge in [-0.05, 0) is 36.4 Å². The summed E-state index contributed by atoms with van der Waals surface area (Å²) < 4.78 is 10.3. The van der Waals surface area contributed by atoms with E-state index in [1.807, 2.05) is 0 Å². The minimum Gasteiger partial charge on any atom is -0.422 e. The van der Waals surface area contributed by atoms with Crippen LogP contribution >= 0.6 is 23.2 Å². The van der Waals surface area contributed by atoms with E-state index < -0.39 is 17.0 Å². The maximum atomic E-state index is 12.7. The highest BCUT2D eigenvalue weighted by Gasteiger charge is 2.20. The fourth-order valence-corrected chi connectivity index (χ4v) is 2.96. The Kier molecular flexibility index (Phi) is 3.90. The molecule has 0 atom stereocenters. The van der Waals surface area contributed by atoms with Crippen LogP contribution in [0.3, 0.4) is 0 Å². The molecule has 2 aromatic heterocycles. The van der Waals surface area contributed by atoms with Crippen LogP contribution in [-0.4, -0.2) is 5.78 Å². The number of rotatable bonds is 2. The second-order valence-electron chi connectivity index (χ2n) is 5.59. The van der Waals surface area contributed by atoms with Crippen LogP contribution in [0.2, 0.25) is 10.0 Å².